The normalized spacial score (nSPS) is 12.2. The Morgan fingerprint density at radius 2 is 2.10 bits per heavy atom. The van der Waals surface area contributed by atoms with E-state index in [1.54, 1.807) is 18.3 Å². The molecule has 3 rings (SSSR count). The largest absolute Gasteiger partial charge is 0.449 e. The molecule has 4 nitrogen and oxygen atoms in total. The molecule has 0 aliphatic heterocycles. The number of nitrogens with two attached hydrogens (primary N) is 1. The first kappa shape index (κ1) is 13.9. The number of nitrogen functional groups attached to an aromatic ring is 1. The van der Waals surface area contributed by atoms with Crippen molar-refractivity contribution in [3.8, 4) is 0 Å². The van der Waals surface area contributed by atoms with E-state index in [1.807, 2.05) is 6.92 Å². The Balaban J connectivity index is 2.17. The molecule has 8 heteroatoms. The second-order valence-electron chi connectivity index (χ2n) is 4.61. The van der Waals surface area contributed by atoms with Crippen molar-refractivity contribution in [1.82, 2.24) is 14.5 Å². The maximum atomic E-state index is 13.2. The van der Waals surface area contributed by atoms with Gasteiger partial charge in [-0.3, -0.25) is 0 Å². The fourth-order valence-corrected chi connectivity index (χ4v) is 2.94. The number of aryl methyl sites for hydroxylation is 1. The van der Waals surface area contributed by atoms with Gasteiger partial charge in [0.05, 0.1) is 22.6 Å². The van der Waals surface area contributed by atoms with E-state index in [1.165, 1.54) is 17.4 Å². The molecule has 2 N–H and O–H groups in total. The summed E-state index contributed by atoms with van der Waals surface area (Å²) in [4.78, 5) is 8.50. The zero-order valence-electron chi connectivity index (χ0n) is 11.0. The van der Waals surface area contributed by atoms with Crippen LogP contribution in [0.4, 0.5) is 18.9 Å². The number of nitrogens with zero attached hydrogens (tertiary/aromatic N) is 3. The van der Waals surface area contributed by atoms with Crippen molar-refractivity contribution in [2.75, 3.05) is 5.73 Å². The number of benzene rings is 1. The number of hydrogen-bond donors (Lipinski definition) is 1. The summed E-state index contributed by atoms with van der Waals surface area (Å²) in [5.41, 5.74) is 6.64. The highest BCUT2D eigenvalue weighted by Gasteiger charge is 2.37. The maximum absolute atomic E-state index is 13.2. The van der Waals surface area contributed by atoms with Crippen LogP contribution in [0.5, 0.6) is 0 Å². The molecule has 110 valence electrons. The highest BCUT2D eigenvalue weighted by molar-refractivity contribution is 7.11. The third kappa shape index (κ3) is 2.58. The molecule has 1 aromatic carbocycles. The Kier molecular flexibility index (Phi) is 3.12. The molecule has 0 unspecified atom stereocenters. The van der Waals surface area contributed by atoms with Gasteiger partial charge in [-0.05, 0) is 25.1 Å². The van der Waals surface area contributed by atoms with Gasteiger partial charge in [0.25, 0.3) is 0 Å². The summed E-state index contributed by atoms with van der Waals surface area (Å²) in [6.07, 6.45) is -2.93. The van der Waals surface area contributed by atoms with E-state index in [0.717, 1.165) is 14.5 Å². The molecule has 0 saturated carbocycles. The van der Waals surface area contributed by atoms with Gasteiger partial charge in [0, 0.05) is 16.8 Å². The van der Waals surface area contributed by atoms with Crippen molar-refractivity contribution in [2.45, 2.75) is 19.6 Å². The van der Waals surface area contributed by atoms with E-state index in [-0.39, 0.29) is 12.1 Å². The number of halogens is 3. The van der Waals surface area contributed by atoms with Crippen molar-refractivity contribution in [1.29, 1.82) is 0 Å². The van der Waals surface area contributed by atoms with Crippen LogP contribution < -0.4 is 5.73 Å². The number of thiazole rings is 1. The van der Waals surface area contributed by atoms with Crippen LogP contribution in [0.3, 0.4) is 0 Å². The Morgan fingerprint density at radius 3 is 2.71 bits per heavy atom. The van der Waals surface area contributed by atoms with E-state index < -0.39 is 12.0 Å². The predicted octanol–water partition coefficient (Wildman–Crippen LogP) is 3.45. The van der Waals surface area contributed by atoms with E-state index in [4.69, 9.17) is 5.73 Å². The second kappa shape index (κ2) is 4.73. The number of anilines is 1. The molecule has 0 amide bonds. The lowest BCUT2D eigenvalue weighted by atomic mass is 10.3. The number of imidazole rings is 1. The van der Waals surface area contributed by atoms with Crippen LogP contribution in [-0.2, 0) is 12.7 Å². The fourth-order valence-electron chi connectivity index (χ4n) is 2.16. The third-order valence-electron chi connectivity index (χ3n) is 3.01. The highest BCUT2D eigenvalue weighted by atomic mass is 32.1. The molecule has 0 saturated heterocycles. The zero-order chi connectivity index (χ0) is 15.2. The Morgan fingerprint density at radius 1 is 1.33 bits per heavy atom. The average molecular weight is 312 g/mol. The minimum absolute atomic E-state index is 0.0841. The van der Waals surface area contributed by atoms with Crippen LogP contribution >= 0.6 is 11.3 Å². The monoisotopic (exact) mass is 312 g/mol. The van der Waals surface area contributed by atoms with E-state index in [2.05, 4.69) is 9.97 Å². The Hall–Kier alpha value is -2.09. The van der Waals surface area contributed by atoms with Crippen LogP contribution in [0.1, 0.15) is 15.7 Å². The molecule has 0 spiro atoms. The number of alkyl halides is 3. The topological polar surface area (TPSA) is 56.7 Å². The van der Waals surface area contributed by atoms with Gasteiger partial charge in [-0.1, -0.05) is 0 Å². The minimum Gasteiger partial charge on any atom is -0.399 e. The van der Waals surface area contributed by atoms with Gasteiger partial charge in [-0.15, -0.1) is 11.3 Å². The van der Waals surface area contributed by atoms with Crippen molar-refractivity contribution in [3.05, 3.63) is 40.1 Å². The minimum atomic E-state index is -4.52. The summed E-state index contributed by atoms with van der Waals surface area (Å²) in [5.74, 6) is -0.922. The quantitative estimate of drug-likeness (QED) is 0.737. The van der Waals surface area contributed by atoms with Crippen molar-refractivity contribution in [3.63, 3.8) is 0 Å². The lowest BCUT2D eigenvalue weighted by Gasteiger charge is -2.10. The summed E-state index contributed by atoms with van der Waals surface area (Å²) in [6, 6.07) is 4.57. The number of fused-ring (bicyclic) bond motifs is 1. The smallest absolute Gasteiger partial charge is 0.399 e. The van der Waals surface area contributed by atoms with Crippen LogP contribution in [-0.4, -0.2) is 14.5 Å². The van der Waals surface area contributed by atoms with Gasteiger partial charge in [-0.2, -0.15) is 13.2 Å². The van der Waals surface area contributed by atoms with Gasteiger partial charge >= 0.3 is 6.18 Å². The highest BCUT2D eigenvalue weighted by Crippen LogP contribution is 2.33. The summed E-state index contributed by atoms with van der Waals surface area (Å²) in [7, 11) is 0. The SMILES string of the molecule is Cc1ncc(Cn2c(C(F)(F)F)nc3cc(N)ccc32)s1. The summed E-state index contributed by atoms with van der Waals surface area (Å²) < 4.78 is 40.7. The Bertz CT molecular complexity index is 803. The molecule has 0 atom stereocenters. The van der Waals surface area contributed by atoms with Crippen molar-refractivity contribution >= 4 is 28.1 Å². The van der Waals surface area contributed by atoms with Crippen LogP contribution in [0.15, 0.2) is 24.4 Å². The van der Waals surface area contributed by atoms with Crippen molar-refractivity contribution < 1.29 is 13.2 Å². The van der Waals surface area contributed by atoms with Crippen LogP contribution in [0.25, 0.3) is 11.0 Å². The molecule has 0 aliphatic rings. The molecule has 0 fully saturated rings. The molecule has 0 radical (unpaired) electrons. The molecule has 0 bridgehead atoms. The van der Waals surface area contributed by atoms with Gasteiger partial charge in [0.2, 0.25) is 5.82 Å². The predicted molar refractivity (Wildman–Crippen MR) is 75.1 cm³/mol. The van der Waals surface area contributed by atoms with Crippen LogP contribution in [0, 0.1) is 6.92 Å². The fraction of sp³-hybridized carbons (Fsp3) is 0.231. The van der Waals surface area contributed by atoms with Gasteiger partial charge in [-0.25, -0.2) is 9.97 Å². The van der Waals surface area contributed by atoms with E-state index in [0.29, 0.717) is 11.2 Å². The van der Waals surface area contributed by atoms with Gasteiger partial charge < -0.3 is 10.3 Å². The van der Waals surface area contributed by atoms with Crippen molar-refractivity contribution in [2.24, 2.45) is 0 Å². The molecular weight excluding hydrogens is 301 g/mol. The maximum Gasteiger partial charge on any atom is 0.449 e. The van der Waals surface area contributed by atoms with Gasteiger partial charge in [0.15, 0.2) is 0 Å². The first-order valence-electron chi connectivity index (χ1n) is 6.09. The number of hydrogen-bond acceptors (Lipinski definition) is 4. The molecule has 21 heavy (non-hydrogen) atoms. The lowest BCUT2D eigenvalue weighted by Crippen LogP contribution is -2.15. The summed E-state index contributed by atoms with van der Waals surface area (Å²) in [5, 5.41) is 0.812. The first-order valence-corrected chi connectivity index (χ1v) is 6.90. The van der Waals surface area contributed by atoms with E-state index in [9.17, 15) is 13.2 Å². The molecule has 3 aromatic rings. The summed E-state index contributed by atoms with van der Waals surface area (Å²) >= 11 is 1.37. The van der Waals surface area contributed by atoms with Crippen LogP contribution in [0.2, 0.25) is 0 Å². The molecule has 2 aromatic heterocycles. The average Bonchev–Trinajstić information content (AvgIpc) is 2.93. The lowest BCUT2D eigenvalue weighted by molar-refractivity contribution is -0.146. The molecular formula is C13H11F3N4S. The Labute approximate surface area is 122 Å². The number of rotatable bonds is 2. The van der Waals surface area contributed by atoms with Gasteiger partial charge in [0.1, 0.15) is 0 Å². The molecule has 2 heterocycles. The van der Waals surface area contributed by atoms with E-state index >= 15 is 0 Å². The molecule has 0 aliphatic carbocycles. The summed E-state index contributed by atoms with van der Waals surface area (Å²) in [6.45, 7) is 1.90. The number of aromatic nitrogens is 3. The third-order valence-corrected chi connectivity index (χ3v) is 3.91. The zero-order valence-corrected chi connectivity index (χ0v) is 11.8. The standard InChI is InChI=1S/C13H11F3N4S/c1-7-18-5-9(21-7)6-20-11-3-2-8(17)4-10(11)19-12(20)13(14,15)16/h2-5H,6,17H2,1H3. The first-order chi connectivity index (χ1) is 9.84. The second-order valence-corrected chi connectivity index (χ2v) is 5.93.